The largest absolute Gasteiger partial charge is 0.385 e. The Morgan fingerprint density at radius 3 is 2.78 bits per heavy atom. The van der Waals surface area contributed by atoms with E-state index < -0.39 is 0 Å². The summed E-state index contributed by atoms with van der Waals surface area (Å²) in [7, 11) is 5.73. The van der Waals surface area contributed by atoms with E-state index in [1.165, 1.54) is 12.1 Å². The van der Waals surface area contributed by atoms with Gasteiger partial charge in [0.2, 0.25) is 0 Å². The number of aliphatic imine (C=N–C) groups is 1. The van der Waals surface area contributed by atoms with Crippen molar-refractivity contribution in [2.75, 3.05) is 72.0 Å². The van der Waals surface area contributed by atoms with E-state index in [4.69, 9.17) is 4.74 Å². The Kier molecular flexibility index (Phi) is 9.94. The van der Waals surface area contributed by atoms with Crippen LogP contribution < -0.4 is 15.5 Å². The lowest BCUT2D eigenvalue weighted by atomic mass is 10.1. The number of halogens is 1. The molecule has 1 heterocycles. The van der Waals surface area contributed by atoms with Gasteiger partial charge in [0.15, 0.2) is 5.96 Å². The fourth-order valence-corrected chi connectivity index (χ4v) is 3.57. The maximum Gasteiger partial charge on any atom is 0.191 e. The summed E-state index contributed by atoms with van der Waals surface area (Å²) in [6.45, 7) is 6.91. The molecule has 6 nitrogen and oxygen atoms in total. The summed E-state index contributed by atoms with van der Waals surface area (Å²) in [6.07, 6.45) is 2.28. The van der Waals surface area contributed by atoms with Crippen LogP contribution in [0.15, 0.2) is 33.7 Å². The SMILES string of the molecule is CN=C(NCCN(C)CCCOC)NCC1CCN(c2ccc(Br)cc2)C1. The maximum atomic E-state index is 5.10. The predicted octanol–water partition coefficient (Wildman–Crippen LogP) is 2.41. The van der Waals surface area contributed by atoms with Crippen LogP contribution >= 0.6 is 15.9 Å². The highest BCUT2D eigenvalue weighted by molar-refractivity contribution is 9.10. The highest BCUT2D eigenvalue weighted by Gasteiger charge is 2.22. The normalized spacial score (nSPS) is 17.6. The highest BCUT2D eigenvalue weighted by Crippen LogP contribution is 2.24. The zero-order valence-corrected chi connectivity index (χ0v) is 18.5. The van der Waals surface area contributed by atoms with Gasteiger partial charge in [-0.3, -0.25) is 4.99 Å². The van der Waals surface area contributed by atoms with Crippen molar-refractivity contribution in [2.45, 2.75) is 12.8 Å². The smallest absolute Gasteiger partial charge is 0.191 e. The Morgan fingerprint density at radius 1 is 1.30 bits per heavy atom. The van der Waals surface area contributed by atoms with Gasteiger partial charge in [0.05, 0.1) is 0 Å². The number of likely N-dealkylation sites (N-methyl/N-ethyl adjacent to an activating group) is 1. The number of guanidine groups is 1. The van der Waals surface area contributed by atoms with E-state index in [-0.39, 0.29) is 0 Å². The van der Waals surface area contributed by atoms with Crippen LogP contribution in [0, 0.1) is 5.92 Å². The molecule has 1 atom stereocenters. The summed E-state index contributed by atoms with van der Waals surface area (Å²) in [6, 6.07) is 8.59. The van der Waals surface area contributed by atoms with Crippen LogP contribution in [-0.4, -0.2) is 77.9 Å². The van der Waals surface area contributed by atoms with Crippen molar-refractivity contribution in [3.63, 3.8) is 0 Å². The third kappa shape index (κ3) is 8.07. The van der Waals surface area contributed by atoms with Crippen molar-refractivity contribution < 1.29 is 4.74 Å². The standard InChI is InChI=1S/C20H34BrN5O/c1-22-20(23-10-13-25(2)11-4-14-27-3)24-15-17-9-12-26(16-17)19-7-5-18(21)6-8-19/h5-8,17H,4,9-16H2,1-3H3,(H2,22,23,24). The molecule has 2 N–H and O–H groups in total. The second kappa shape index (κ2) is 12.2. The molecular weight excluding hydrogens is 406 g/mol. The highest BCUT2D eigenvalue weighted by atomic mass is 79.9. The van der Waals surface area contributed by atoms with E-state index in [1.807, 2.05) is 7.05 Å². The topological polar surface area (TPSA) is 52.1 Å². The fourth-order valence-electron chi connectivity index (χ4n) is 3.30. The van der Waals surface area contributed by atoms with Gasteiger partial charge in [-0.2, -0.15) is 0 Å². The molecule has 1 aromatic rings. The van der Waals surface area contributed by atoms with E-state index >= 15 is 0 Å². The Hall–Kier alpha value is -1.31. The minimum atomic E-state index is 0.643. The number of rotatable bonds is 10. The van der Waals surface area contributed by atoms with Crippen molar-refractivity contribution in [3.05, 3.63) is 28.7 Å². The molecule has 0 aliphatic carbocycles. The average Bonchev–Trinajstić information content (AvgIpc) is 3.14. The minimum absolute atomic E-state index is 0.643. The van der Waals surface area contributed by atoms with Gasteiger partial charge in [-0.15, -0.1) is 0 Å². The first-order valence-electron chi connectivity index (χ1n) is 9.75. The molecule has 1 aromatic carbocycles. The summed E-state index contributed by atoms with van der Waals surface area (Å²) in [5.41, 5.74) is 1.31. The van der Waals surface area contributed by atoms with Crippen molar-refractivity contribution in [1.82, 2.24) is 15.5 Å². The van der Waals surface area contributed by atoms with Gasteiger partial charge in [-0.05, 0) is 50.1 Å². The van der Waals surface area contributed by atoms with E-state index in [9.17, 15) is 0 Å². The van der Waals surface area contributed by atoms with E-state index in [0.29, 0.717) is 5.92 Å². The van der Waals surface area contributed by atoms with Gasteiger partial charge < -0.3 is 25.2 Å². The van der Waals surface area contributed by atoms with Crippen LogP contribution in [0.5, 0.6) is 0 Å². The molecule has 1 fully saturated rings. The molecule has 1 unspecified atom stereocenters. The molecule has 0 saturated carbocycles. The Balaban J connectivity index is 1.64. The first kappa shape index (κ1) is 22.0. The summed E-state index contributed by atoms with van der Waals surface area (Å²) >= 11 is 3.50. The summed E-state index contributed by atoms with van der Waals surface area (Å²) < 4.78 is 6.22. The molecule has 0 amide bonds. The van der Waals surface area contributed by atoms with Crippen LogP contribution in [-0.2, 0) is 4.74 Å². The number of ether oxygens (including phenoxy) is 1. The molecule has 1 aliphatic rings. The van der Waals surface area contributed by atoms with Gasteiger partial charge in [0.25, 0.3) is 0 Å². The molecule has 0 bridgehead atoms. The quantitative estimate of drug-likeness (QED) is 0.333. The van der Waals surface area contributed by atoms with Crippen LogP contribution in [0.2, 0.25) is 0 Å². The summed E-state index contributed by atoms with van der Waals surface area (Å²) in [5.74, 6) is 1.53. The lowest BCUT2D eigenvalue weighted by Gasteiger charge is -2.20. The Bertz CT molecular complexity index is 566. The molecular formula is C20H34BrN5O. The molecule has 2 rings (SSSR count). The molecule has 152 valence electrons. The monoisotopic (exact) mass is 439 g/mol. The number of nitrogens with one attached hydrogen (secondary N) is 2. The average molecular weight is 440 g/mol. The van der Waals surface area contributed by atoms with Crippen molar-refractivity contribution in [3.8, 4) is 0 Å². The molecule has 0 spiro atoms. The lowest BCUT2D eigenvalue weighted by molar-refractivity contribution is 0.180. The number of benzene rings is 1. The maximum absolute atomic E-state index is 5.10. The summed E-state index contributed by atoms with van der Waals surface area (Å²) in [5, 5.41) is 6.90. The van der Waals surface area contributed by atoms with Gasteiger partial charge >= 0.3 is 0 Å². The molecule has 0 aromatic heterocycles. The third-order valence-corrected chi connectivity index (χ3v) is 5.46. The van der Waals surface area contributed by atoms with Crippen molar-refractivity contribution >= 4 is 27.6 Å². The minimum Gasteiger partial charge on any atom is -0.385 e. The van der Waals surface area contributed by atoms with Gasteiger partial charge in [-0.1, -0.05) is 15.9 Å². The summed E-state index contributed by atoms with van der Waals surface area (Å²) in [4.78, 5) is 9.12. The van der Waals surface area contributed by atoms with Crippen molar-refractivity contribution in [1.29, 1.82) is 0 Å². The predicted molar refractivity (Wildman–Crippen MR) is 118 cm³/mol. The molecule has 7 heteroatoms. The van der Waals surface area contributed by atoms with Crippen LogP contribution in [0.4, 0.5) is 5.69 Å². The zero-order valence-electron chi connectivity index (χ0n) is 16.9. The number of hydrogen-bond acceptors (Lipinski definition) is 4. The number of nitrogens with zero attached hydrogens (tertiary/aromatic N) is 3. The van der Waals surface area contributed by atoms with E-state index in [0.717, 1.165) is 62.7 Å². The second-order valence-corrected chi connectivity index (χ2v) is 8.02. The van der Waals surface area contributed by atoms with E-state index in [1.54, 1.807) is 7.11 Å². The Morgan fingerprint density at radius 2 is 2.07 bits per heavy atom. The third-order valence-electron chi connectivity index (χ3n) is 4.93. The number of hydrogen-bond donors (Lipinski definition) is 2. The first-order valence-corrected chi connectivity index (χ1v) is 10.5. The van der Waals surface area contributed by atoms with Gasteiger partial charge in [0.1, 0.15) is 0 Å². The van der Waals surface area contributed by atoms with Crippen LogP contribution in [0.25, 0.3) is 0 Å². The number of anilines is 1. The zero-order chi connectivity index (χ0) is 19.5. The van der Waals surface area contributed by atoms with E-state index in [2.05, 4.69) is 72.7 Å². The lowest BCUT2D eigenvalue weighted by Crippen LogP contribution is -2.43. The van der Waals surface area contributed by atoms with Crippen molar-refractivity contribution in [2.24, 2.45) is 10.9 Å². The second-order valence-electron chi connectivity index (χ2n) is 7.11. The number of methoxy groups -OCH3 is 1. The van der Waals surface area contributed by atoms with Crippen LogP contribution in [0.3, 0.4) is 0 Å². The molecule has 1 saturated heterocycles. The molecule has 0 radical (unpaired) electrons. The first-order chi connectivity index (χ1) is 13.1. The van der Waals surface area contributed by atoms with Gasteiger partial charge in [0, 0.05) is 70.2 Å². The Labute approximate surface area is 172 Å². The molecule has 1 aliphatic heterocycles. The van der Waals surface area contributed by atoms with Gasteiger partial charge in [-0.25, -0.2) is 0 Å². The van der Waals surface area contributed by atoms with Crippen LogP contribution in [0.1, 0.15) is 12.8 Å². The molecule has 27 heavy (non-hydrogen) atoms. The fraction of sp³-hybridized carbons (Fsp3) is 0.650.